The first-order valence-electron chi connectivity index (χ1n) is 6.33. The molecule has 21 heavy (non-hydrogen) atoms. The van der Waals surface area contributed by atoms with Crippen molar-refractivity contribution in [3.8, 4) is 0 Å². The van der Waals surface area contributed by atoms with Crippen molar-refractivity contribution in [2.75, 3.05) is 6.54 Å². The molecule has 0 aliphatic rings. The van der Waals surface area contributed by atoms with Gasteiger partial charge < -0.3 is 9.73 Å². The molecule has 1 amide bonds. The number of hydrogen-bond acceptors (Lipinski definition) is 4. The first kappa shape index (κ1) is 14.4. The van der Waals surface area contributed by atoms with Crippen molar-refractivity contribution in [3.05, 3.63) is 67.9 Å². The minimum atomic E-state index is -0.112. The highest BCUT2D eigenvalue weighted by Gasteiger charge is 2.19. The lowest BCUT2D eigenvalue weighted by molar-refractivity contribution is 0.0956. The first-order chi connectivity index (χ1) is 10.2. The molecule has 3 aromatic heterocycles. The summed E-state index contributed by atoms with van der Waals surface area (Å²) >= 11 is 8.76. The van der Waals surface area contributed by atoms with E-state index in [1.165, 1.54) is 11.3 Å². The topological polar surface area (TPSA) is 42.2 Å². The van der Waals surface area contributed by atoms with Crippen LogP contribution in [0.1, 0.15) is 26.9 Å². The van der Waals surface area contributed by atoms with E-state index in [1.54, 1.807) is 29.7 Å². The Labute approximate surface area is 135 Å². The summed E-state index contributed by atoms with van der Waals surface area (Å²) in [4.78, 5) is 12.7. The first-order valence-corrected chi connectivity index (χ1v) is 8.47. The fourth-order valence-corrected chi connectivity index (χ4v) is 3.74. The van der Waals surface area contributed by atoms with Gasteiger partial charge in [0.1, 0.15) is 5.76 Å². The van der Waals surface area contributed by atoms with Crippen molar-refractivity contribution >= 4 is 40.2 Å². The van der Waals surface area contributed by atoms with Gasteiger partial charge in [0.2, 0.25) is 0 Å². The van der Waals surface area contributed by atoms with Gasteiger partial charge in [0.05, 0.1) is 21.4 Å². The Bertz CT molecular complexity index is 670. The molecule has 3 nitrogen and oxygen atoms in total. The maximum atomic E-state index is 12.1. The third-order valence-electron chi connectivity index (χ3n) is 3.10. The second kappa shape index (κ2) is 6.47. The summed E-state index contributed by atoms with van der Waals surface area (Å²) in [6, 6.07) is 9.29. The van der Waals surface area contributed by atoms with Crippen LogP contribution < -0.4 is 5.32 Å². The standard InChI is InChI=1S/C15H12ClNO2S2/c16-14-4-3-13(21-14)15(18)17-8-11(10-5-7-20-9-10)12-2-1-6-19-12/h1-7,9,11H,8H2,(H,17,18). The van der Waals surface area contributed by atoms with Gasteiger partial charge >= 0.3 is 0 Å². The molecule has 0 aromatic carbocycles. The molecule has 1 atom stereocenters. The predicted octanol–water partition coefficient (Wildman–Crippen LogP) is 4.62. The molecule has 3 rings (SSSR count). The minimum Gasteiger partial charge on any atom is -0.469 e. The van der Waals surface area contributed by atoms with E-state index in [1.807, 2.05) is 23.6 Å². The van der Waals surface area contributed by atoms with Crippen LogP contribution in [-0.4, -0.2) is 12.5 Å². The molecule has 0 fully saturated rings. The van der Waals surface area contributed by atoms with E-state index in [0.717, 1.165) is 11.3 Å². The lowest BCUT2D eigenvalue weighted by Crippen LogP contribution is -2.28. The van der Waals surface area contributed by atoms with Crippen LogP contribution in [0.25, 0.3) is 0 Å². The van der Waals surface area contributed by atoms with E-state index in [2.05, 4.69) is 10.7 Å². The fraction of sp³-hybridized carbons (Fsp3) is 0.133. The van der Waals surface area contributed by atoms with Crippen LogP contribution in [0.4, 0.5) is 0 Å². The highest BCUT2D eigenvalue weighted by Crippen LogP contribution is 2.27. The highest BCUT2D eigenvalue weighted by atomic mass is 35.5. The van der Waals surface area contributed by atoms with Crippen molar-refractivity contribution < 1.29 is 9.21 Å². The second-order valence-corrected chi connectivity index (χ2v) is 6.93. The van der Waals surface area contributed by atoms with Gasteiger partial charge in [-0.2, -0.15) is 11.3 Å². The van der Waals surface area contributed by atoms with E-state index < -0.39 is 0 Å². The molecule has 1 N–H and O–H groups in total. The zero-order valence-electron chi connectivity index (χ0n) is 10.9. The van der Waals surface area contributed by atoms with Crippen LogP contribution >= 0.6 is 34.3 Å². The van der Waals surface area contributed by atoms with Gasteiger partial charge in [-0.3, -0.25) is 4.79 Å². The number of rotatable bonds is 5. The summed E-state index contributed by atoms with van der Waals surface area (Å²) in [5.74, 6) is 0.752. The van der Waals surface area contributed by atoms with Crippen LogP contribution in [0, 0.1) is 0 Å². The van der Waals surface area contributed by atoms with Gasteiger partial charge in [0, 0.05) is 6.54 Å². The molecule has 3 aromatic rings. The highest BCUT2D eigenvalue weighted by molar-refractivity contribution is 7.18. The second-order valence-electron chi connectivity index (χ2n) is 4.44. The third-order valence-corrected chi connectivity index (χ3v) is 5.03. The Kier molecular flexibility index (Phi) is 4.43. The Morgan fingerprint density at radius 1 is 1.33 bits per heavy atom. The smallest absolute Gasteiger partial charge is 0.261 e. The molecular formula is C15H12ClNO2S2. The molecule has 0 aliphatic carbocycles. The summed E-state index contributed by atoms with van der Waals surface area (Å²) in [7, 11) is 0. The van der Waals surface area contributed by atoms with Gasteiger partial charge in [-0.05, 0) is 46.7 Å². The quantitative estimate of drug-likeness (QED) is 0.738. The molecule has 0 aliphatic heterocycles. The number of thiophene rings is 2. The van der Waals surface area contributed by atoms with Gasteiger partial charge in [-0.25, -0.2) is 0 Å². The van der Waals surface area contributed by atoms with E-state index >= 15 is 0 Å². The maximum Gasteiger partial charge on any atom is 0.261 e. The summed E-state index contributed by atoms with van der Waals surface area (Å²) < 4.78 is 6.11. The SMILES string of the molecule is O=C(NCC(c1ccsc1)c1ccco1)c1ccc(Cl)s1. The zero-order valence-corrected chi connectivity index (χ0v) is 13.3. The molecule has 108 valence electrons. The van der Waals surface area contributed by atoms with Crippen LogP contribution in [0.2, 0.25) is 4.34 Å². The number of hydrogen-bond donors (Lipinski definition) is 1. The van der Waals surface area contributed by atoms with Crippen LogP contribution in [0.5, 0.6) is 0 Å². The lowest BCUT2D eigenvalue weighted by Gasteiger charge is -2.14. The fourth-order valence-electron chi connectivity index (χ4n) is 2.06. The number of carbonyl (C=O) groups excluding carboxylic acids is 1. The molecule has 3 heterocycles. The Morgan fingerprint density at radius 3 is 2.86 bits per heavy atom. The number of furan rings is 1. The van der Waals surface area contributed by atoms with Crippen molar-refractivity contribution in [3.63, 3.8) is 0 Å². The average molecular weight is 338 g/mol. The molecule has 0 bridgehead atoms. The molecule has 6 heteroatoms. The van der Waals surface area contributed by atoms with Crippen LogP contribution in [0.15, 0.2) is 51.8 Å². The van der Waals surface area contributed by atoms with E-state index in [4.69, 9.17) is 16.0 Å². The van der Waals surface area contributed by atoms with Crippen LogP contribution in [0.3, 0.4) is 0 Å². The summed E-state index contributed by atoms with van der Waals surface area (Å²) in [6.45, 7) is 0.485. The molecular weight excluding hydrogens is 326 g/mol. The summed E-state index contributed by atoms with van der Waals surface area (Å²) in [5.41, 5.74) is 1.14. The van der Waals surface area contributed by atoms with Gasteiger partial charge in [-0.1, -0.05) is 11.6 Å². The van der Waals surface area contributed by atoms with E-state index in [0.29, 0.717) is 15.8 Å². The van der Waals surface area contributed by atoms with Crippen molar-refractivity contribution in [2.45, 2.75) is 5.92 Å². The van der Waals surface area contributed by atoms with Crippen molar-refractivity contribution in [1.29, 1.82) is 0 Å². The minimum absolute atomic E-state index is 0.0191. The van der Waals surface area contributed by atoms with E-state index in [-0.39, 0.29) is 11.8 Å². The molecule has 0 saturated carbocycles. The number of halogens is 1. The van der Waals surface area contributed by atoms with Crippen molar-refractivity contribution in [1.82, 2.24) is 5.32 Å². The van der Waals surface area contributed by atoms with Crippen LogP contribution in [-0.2, 0) is 0 Å². The summed E-state index contributed by atoms with van der Waals surface area (Å²) in [5, 5.41) is 7.04. The van der Waals surface area contributed by atoms with Crippen molar-refractivity contribution in [2.24, 2.45) is 0 Å². The third kappa shape index (κ3) is 3.37. The van der Waals surface area contributed by atoms with Gasteiger partial charge in [-0.15, -0.1) is 11.3 Å². The maximum absolute atomic E-state index is 12.1. The number of amides is 1. The molecule has 0 spiro atoms. The predicted molar refractivity (Wildman–Crippen MR) is 86.5 cm³/mol. The number of carbonyl (C=O) groups is 1. The number of nitrogens with one attached hydrogen (secondary N) is 1. The Hall–Kier alpha value is -1.56. The van der Waals surface area contributed by atoms with Gasteiger partial charge in [0.25, 0.3) is 5.91 Å². The lowest BCUT2D eigenvalue weighted by atomic mass is 9.99. The van der Waals surface area contributed by atoms with Gasteiger partial charge in [0.15, 0.2) is 0 Å². The molecule has 0 saturated heterocycles. The van der Waals surface area contributed by atoms with E-state index in [9.17, 15) is 4.79 Å². The monoisotopic (exact) mass is 337 g/mol. The zero-order chi connectivity index (χ0) is 14.7. The average Bonchev–Trinajstić information content (AvgIpc) is 3.21. The Balaban J connectivity index is 1.72. The normalized spacial score (nSPS) is 12.2. The Morgan fingerprint density at radius 2 is 2.24 bits per heavy atom. The largest absolute Gasteiger partial charge is 0.469 e. The molecule has 1 unspecified atom stereocenters. The molecule has 0 radical (unpaired) electrons. The summed E-state index contributed by atoms with van der Waals surface area (Å²) in [6.07, 6.45) is 1.65.